The van der Waals surface area contributed by atoms with Crippen LogP contribution in [-0.2, 0) is 115 Å². The molecule has 0 bridgehead atoms. The van der Waals surface area contributed by atoms with E-state index in [1.54, 1.807) is 101 Å². The second-order valence-corrected chi connectivity index (χ2v) is 36.9. The monoisotopic (exact) mass is 1980 g/mol. The number of methoxy groups -OCH3 is 4. The molecule has 770 valence electrons. The van der Waals surface area contributed by atoms with E-state index in [2.05, 4.69) is 78.9 Å². The number of hydrogen-bond donors (Lipinski definition) is 7. The largest absolute Gasteiger partial charge is 0.508 e. The van der Waals surface area contributed by atoms with Gasteiger partial charge < -0.3 is 115 Å². The number of fused-ring (bicyclic) bond motifs is 1. The first kappa shape index (κ1) is 113. The van der Waals surface area contributed by atoms with Crippen LogP contribution in [0.1, 0.15) is 72.3 Å². The van der Waals surface area contributed by atoms with Crippen LogP contribution in [0, 0.1) is 0 Å². The number of carbonyl (C=O) groups is 4. The highest BCUT2D eigenvalue weighted by molar-refractivity contribution is 5.83. The third-order valence-corrected chi connectivity index (χ3v) is 23.9. The number of esters is 4. The molecular formula is C118H144N8O19. The van der Waals surface area contributed by atoms with Crippen LogP contribution in [0.4, 0.5) is 0 Å². The number of benzene rings is 12. The van der Waals surface area contributed by atoms with E-state index in [0.29, 0.717) is 51.9 Å². The van der Waals surface area contributed by atoms with Crippen molar-refractivity contribution in [1.29, 1.82) is 0 Å². The Morgan fingerprint density at radius 2 is 0.510 bits per heavy atom. The van der Waals surface area contributed by atoms with Crippen molar-refractivity contribution in [2.45, 2.75) is 126 Å². The van der Waals surface area contributed by atoms with E-state index in [1.807, 2.05) is 222 Å². The summed E-state index contributed by atoms with van der Waals surface area (Å²) in [6.07, 6.45) is 8.52. The lowest BCUT2D eigenvalue weighted by molar-refractivity contribution is -0.153. The van der Waals surface area contributed by atoms with Crippen molar-refractivity contribution < 1.29 is 91.3 Å². The van der Waals surface area contributed by atoms with Crippen LogP contribution in [0.25, 0.3) is 6.08 Å². The molecule has 11 N–H and O–H groups in total. The maximum Gasteiger partial charge on any atom is 0.327 e. The normalized spacial score (nSPS) is 13.0. The van der Waals surface area contributed by atoms with Crippen LogP contribution in [0.15, 0.2) is 297 Å². The summed E-state index contributed by atoms with van der Waals surface area (Å²) >= 11 is 0. The van der Waals surface area contributed by atoms with Crippen molar-refractivity contribution in [3.63, 3.8) is 0 Å². The quantitative estimate of drug-likeness (QED) is 0.0137. The number of phenols is 3. The number of rotatable bonds is 51. The number of carbonyl (C=O) groups excluding carboxylic acids is 4. The average Bonchev–Trinajstić information content (AvgIpc) is 1.69. The van der Waals surface area contributed by atoms with E-state index in [9.17, 15) is 34.5 Å². The van der Waals surface area contributed by atoms with E-state index in [1.165, 1.54) is 27.8 Å². The fourth-order valence-corrected chi connectivity index (χ4v) is 16.1. The molecule has 1 aliphatic carbocycles. The summed E-state index contributed by atoms with van der Waals surface area (Å²) in [6, 6.07) is 88.8. The maximum absolute atomic E-state index is 13.0. The van der Waals surface area contributed by atoms with Gasteiger partial charge in [-0.15, -0.1) is 0 Å². The van der Waals surface area contributed by atoms with Gasteiger partial charge in [0.25, 0.3) is 0 Å². The Hall–Kier alpha value is -14.3. The highest BCUT2D eigenvalue weighted by atomic mass is 16.6. The highest BCUT2D eigenvalue weighted by Gasteiger charge is 2.30. The molecule has 2 unspecified atom stereocenters. The van der Waals surface area contributed by atoms with Crippen molar-refractivity contribution >= 4 is 30.0 Å². The van der Waals surface area contributed by atoms with Gasteiger partial charge in [-0.05, 0) is 321 Å². The first-order valence-electron chi connectivity index (χ1n) is 48.8. The molecule has 0 radical (unpaired) electrons. The zero-order valence-corrected chi connectivity index (χ0v) is 85.5. The summed E-state index contributed by atoms with van der Waals surface area (Å²) in [4.78, 5) is 58.9. The molecule has 8 atom stereocenters. The minimum Gasteiger partial charge on any atom is -0.508 e. The topological polar surface area (TPSA) is 357 Å². The number of phenolic OH excluding ortho intramolecular Hbond substituents is 3. The first-order chi connectivity index (χ1) is 69.9. The van der Waals surface area contributed by atoms with Gasteiger partial charge >= 0.3 is 23.9 Å². The van der Waals surface area contributed by atoms with Gasteiger partial charge in [0, 0.05) is 26.2 Å². The van der Waals surface area contributed by atoms with Crippen molar-refractivity contribution in [3.05, 3.63) is 369 Å². The van der Waals surface area contributed by atoms with Gasteiger partial charge in [-0.2, -0.15) is 0 Å². The van der Waals surface area contributed by atoms with Crippen LogP contribution in [0.5, 0.6) is 63.2 Å². The molecule has 0 spiro atoms. The van der Waals surface area contributed by atoms with Crippen molar-refractivity contribution in [2.75, 3.05) is 137 Å². The molecular weight excluding hydrogens is 1830 g/mol. The molecule has 0 fully saturated rings. The molecule has 1 aliphatic rings. The lowest BCUT2D eigenvalue weighted by atomic mass is 10.0. The van der Waals surface area contributed by atoms with Gasteiger partial charge in [-0.25, -0.2) is 4.79 Å². The molecule has 27 heteroatoms. The first-order valence-corrected chi connectivity index (χ1v) is 48.8. The van der Waals surface area contributed by atoms with Gasteiger partial charge in [0.15, 0.2) is 0 Å². The maximum atomic E-state index is 13.0. The molecule has 0 saturated carbocycles. The SMILES string of the molecule is COc1ccc(CCc2ccccc2OCC(CN(C)C)OC(=O)[C@H](N)C2=Cc3ccccc3C2)cc1.COc1ccc(CCc2ccccc2OCC(CN(C)C)OC(=O)[C@H](N)Cc2ccc(O)cc2)cc1.COc1ccc(CCc2ccccc2OC[C@@H](CN(C)C)OC(=O)[C@H](N)Cc2ccc(O)cc2)cc1.COc1ccc(CCc2ccccc2OC[C@H](CN(C)C)OC(=O)[C@H](N)Cc2ccc(O)cc2)cc1. The predicted octanol–water partition coefficient (Wildman–Crippen LogP) is 15.1. The van der Waals surface area contributed by atoms with E-state index >= 15 is 0 Å². The second kappa shape index (κ2) is 59.7. The fraction of sp³-hybridized carbons (Fsp3) is 0.339. The van der Waals surface area contributed by atoms with Crippen LogP contribution >= 0.6 is 0 Å². The lowest BCUT2D eigenvalue weighted by Crippen LogP contribution is -2.41. The molecule has 0 aliphatic heterocycles. The number of nitrogens with zero attached hydrogens (tertiary/aromatic N) is 4. The Balaban J connectivity index is 0.000000198. The van der Waals surface area contributed by atoms with E-state index in [4.69, 9.17) is 79.8 Å². The predicted molar refractivity (Wildman–Crippen MR) is 569 cm³/mol. The summed E-state index contributed by atoms with van der Waals surface area (Å²) in [6.45, 7) is 2.95. The van der Waals surface area contributed by atoms with Crippen molar-refractivity contribution in [3.8, 4) is 63.2 Å². The number of para-hydroxylation sites is 4. The smallest absolute Gasteiger partial charge is 0.327 e. The standard InChI is InChI=1S/C31H36N2O4.3C29H36N2O5/c1-33(2)20-28(37-31(34)30(32)26-18-24-9-4-5-10-25(24)19-26)21-36-29-11-7-6-8-23(29)15-12-22-13-16-27(35-3)17-14-22;3*1-31(2)19-26(36-29(33)27(30)18-22-9-14-24(32)15-10-22)20-35-28-7-5-4-6-23(28)13-8-21-11-16-25(34-3)17-12-21/h4-11,13-14,16-18,28,30H,12,15,19-21,32H2,1-3H3;3*4-7,9-12,14-17,26-27,32H,8,13,18-20,30H2,1-3H3/t28?,30-;26?,27-;26-,27+;26-,27-/m1101/s1. The zero-order chi connectivity index (χ0) is 104. The van der Waals surface area contributed by atoms with Gasteiger partial charge in [0.2, 0.25) is 0 Å². The van der Waals surface area contributed by atoms with E-state index in [0.717, 1.165) is 147 Å². The number of aromatic hydroxyl groups is 3. The molecule has 0 amide bonds. The van der Waals surface area contributed by atoms with Gasteiger partial charge in [0.1, 0.15) is 138 Å². The summed E-state index contributed by atoms with van der Waals surface area (Å²) in [7, 11) is 22.0. The number of ether oxygens (including phenoxy) is 12. The van der Waals surface area contributed by atoms with Gasteiger partial charge in [-0.3, -0.25) is 14.4 Å². The minimum atomic E-state index is -0.809. The fourth-order valence-electron chi connectivity index (χ4n) is 16.1. The summed E-state index contributed by atoms with van der Waals surface area (Å²) in [5.74, 6) is 5.14. The minimum absolute atomic E-state index is 0.169. The summed E-state index contributed by atoms with van der Waals surface area (Å²) < 4.78 is 68.7. The third kappa shape index (κ3) is 39.8. The third-order valence-electron chi connectivity index (χ3n) is 23.9. The summed E-state index contributed by atoms with van der Waals surface area (Å²) in [5.41, 5.74) is 39.6. The zero-order valence-electron chi connectivity index (χ0n) is 85.5. The lowest BCUT2D eigenvalue weighted by Gasteiger charge is -2.24. The molecule has 0 heterocycles. The molecule has 12 aromatic carbocycles. The number of likely N-dealkylation sites (N-methyl/N-ethyl adjacent to an activating group) is 4. The Labute approximate surface area is 854 Å². The Morgan fingerprint density at radius 1 is 0.283 bits per heavy atom. The molecule has 13 rings (SSSR count). The Kier molecular flexibility index (Phi) is 46.4. The van der Waals surface area contributed by atoms with E-state index < -0.39 is 72.5 Å². The summed E-state index contributed by atoms with van der Waals surface area (Å²) in [5, 5.41) is 28.3. The average molecular weight is 1980 g/mol. The van der Waals surface area contributed by atoms with Gasteiger partial charge in [0.05, 0.1) is 28.4 Å². The molecule has 0 saturated heterocycles. The van der Waals surface area contributed by atoms with Crippen LogP contribution in [-0.4, -0.2) is 245 Å². The van der Waals surface area contributed by atoms with Crippen LogP contribution in [0.2, 0.25) is 0 Å². The van der Waals surface area contributed by atoms with E-state index in [-0.39, 0.29) is 43.7 Å². The Morgan fingerprint density at radius 3 is 0.752 bits per heavy atom. The highest BCUT2D eigenvalue weighted by Crippen LogP contribution is 2.31. The van der Waals surface area contributed by atoms with Gasteiger partial charge in [-0.1, -0.05) is 188 Å². The molecule has 27 nitrogen and oxygen atoms in total. The second-order valence-electron chi connectivity index (χ2n) is 36.9. The van der Waals surface area contributed by atoms with Crippen LogP contribution in [0.3, 0.4) is 0 Å². The van der Waals surface area contributed by atoms with Crippen LogP contribution < -0.4 is 60.8 Å². The molecule has 12 aromatic rings. The number of hydrogen-bond acceptors (Lipinski definition) is 27. The van der Waals surface area contributed by atoms with Crippen molar-refractivity contribution in [1.82, 2.24) is 19.6 Å². The number of nitrogens with two attached hydrogens (primary N) is 4. The Bertz CT molecular complexity index is 5490. The van der Waals surface area contributed by atoms with Crippen molar-refractivity contribution in [2.24, 2.45) is 22.9 Å². The molecule has 0 aromatic heterocycles. The molecule has 145 heavy (non-hydrogen) atoms. The number of aryl methyl sites for hydroxylation is 8.